The van der Waals surface area contributed by atoms with Gasteiger partial charge in [0.25, 0.3) is 0 Å². The van der Waals surface area contributed by atoms with E-state index in [9.17, 15) is 9.90 Å². The third-order valence-corrected chi connectivity index (χ3v) is 5.38. The third-order valence-electron chi connectivity index (χ3n) is 5.38. The highest BCUT2D eigenvalue weighted by Crippen LogP contribution is 2.20. The predicted molar refractivity (Wildman–Crippen MR) is 116 cm³/mol. The van der Waals surface area contributed by atoms with Crippen LogP contribution in [0.2, 0.25) is 0 Å². The van der Waals surface area contributed by atoms with Crippen LogP contribution in [0.15, 0.2) is 52.5 Å². The summed E-state index contributed by atoms with van der Waals surface area (Å²) in [6, 6.07) is 9.95. The van der Waals surface area contributed by atoms with Crippen LogP contribution in [-0.2, 0) is 0 Å². The Kier molecular flexibility index (Phi) is 4.75. The lowest BCUT2D eigenvalue weighted by atomic mass is 10.2. The molecule has 3 N–H and O–H groups in total. The Morgan fingerprint density at radius 3 is 2.58 bits per heavy atom. The molecule has 1 fully saturated rings. The zero-order valence-corrected chi connectivity index (χ0v) is 17.0. The quantitative estimate of drug-likeness (QED) is 0.431. The molecule has 0 spiro atoms. The van der Waals surface area contributed by atoms with Gasteiger partial charge in [0.15, 0.2) is 11.1 Å². The fraction of sp³-hybridized carbons (Fsp3) is 0.238. The smallest absolute Gasteiger partial charge is 0.326 e. The number of piperazine rings is 1. The SMILES string of the molecule is CN1CCN(c2ccc(N=c3ccn4ncc(=Cc5[nH]c(=O)[nH]c5O)c4n3)cc2)CC1. The zero-order valence-electron chi connectivity index (χ0n) is 17.0. The molecule has 1 saturated heterocycles. The molecule has 31 heavy (non-hydrogen) atoms. The van der Waals surface area contributed by atoms with Crippen LogP contribution in [0, 0.1) is 0 Å². The van der Waals surface area contributed by atoms with Crippen molar-refractivity contribution in [1.82, 2.24) is 29.5 Å². The summed E-state index contributed by atoms with van der Waals surface area (Å²) >= 11 is 0. The minimum absolute atomic E-state index is 0.231. The molecule has 10 heteroatoms. The van der Waals surface area contributed by atoms with Gasteiger partial charge in [0.05, 0.1) is 11.9 Å². The maximum atomic E-state index is 11.4. The lowest BCUT2D eigenvalue weighted by Crippen LogP contribution is -2.44. The number of aromatic amines is 2. The molecular formula is C21H22N8O2. The molecule has 0 saturated carbocycles. The molecule has 0 aliphatic carbocycles. The minimum atomic E-state index is -0.483. The summed E-state index contributed by atoms with van der Waals surface area (Å²) in [6.07, 6.45) is 5.00. The number of fused-ring (bicyclic) bond motifs is 1. The molecule has 10 nitrogen and oxygen atoms in total. The lowest BCUT2D eigenvalue weighted by Gasteiger charge is -2.34. The Hall–Kier alpha value is -3.92. The highest BCUT2D eigenvalue weighted by molar-refractivity contribution is 5.56. The summed E-state index contributed by atoms with van der Waals surface area (Å²) in [6.45, 7) is 4.17. The topological polar surface area (TPSA) is 118 Å². The van der Waals surface area contributed by atoms with Crippen molar-refractivity contribution < 1.29 is 5.11 Å². The zero-order chi connectivity index (χ0) is 21.4. The molecule has 0 amide bonds. The number of nitrogens with one attached hydrogen (secondary N) is 2. The Morgan fingerprint density at radius 2 is 1.87 bits per heavy atom. The summed E-state index contributed by atoms with van der Waals surface area (Å²) in [5.74, 6) is -0.231. The van der Waals surface area contributed by atoms with E-state index in [1.165, 1.54) is 5.69 Å². The van der Waals surface area contributed by atoms with E-state index in [1.54, 1.807) is 29.1 Å². The van der Waals surface area contributed by atoms with Crippen LogP contribution in [0.25, 0.3) is 11.7 Å². The number of imidazole rings is 1. The van der Waals surface area contributed by atoms with Crippen LogP contribution in [0.3, 0.4) is 0 Å². The van der Waals surface area contributed by atoms with Gasteiger partial charge in [-0.2, -0.15) is 5.10 Å². The normalized spacial score (nSPS) is 16.5. The molecule has 0 bridgehead atoms. The number of hydrogen-bond donors (Lipinski definition) is 3. The van der Waals surface area contributed by atoms with Crippen molar-refractivity contribution in [3.63, 3.8) is 0 Å². The van der Waals surface area contributed by atoms with Gasteiger partial charge in [-0.15, -0.1) is 0 Å². The molecule has 158 valence electrons. The molecule has 0 unspecified atom stereocenters. The van der Waals surface area contributed by atoms with Crippen LogP contribution in [-0.4, -0.2) is 67.8 Å². The second-order valence-electron chi connectivity index (χ2n) is 7.56. The largest absolute Gasteiger partial charge is 0.493 e. The fourth-order valence-corrected chi connectivity index (χ4v) is 3.62. The van der Waals surface area contributed by atoms with Crippen LogP contribution < -0.4 is 21.3 Å². The van der Waals surface area contributed by atoms with Gasteiger partial charge in [-0.1, -0.05) is 0 Å². The van der Waals surface area contributed by atoms with Gasteiger partial charge in [-0.3, -0.25) is 4.98 Å². The Morgan fingerprint density at radius 1 is 1.10 bits per heavy atom. The molecule has 1 aliphatic heterocycles. The van der Waals surface area contributed by atoms with Crippen molar-refractivity contribution in [1.29, 1.82) is 0 Å². The first-order valence-corrected chi connectivity index (χ1v) is 10.0. The second-order valence-corrected chi connectivity index (χ2v) is 7.56. The monoisotopic (exact) mass is 418 g/mol. The van der Waals surface area contributed by atoms with Crippen molar-refractivity contribution in [3.8, 4) is 5.88 Å². The number of anilines is 1. The van der Waals surface area contributed by atoms with E-state index in [4.69, 9.17) is 0 Å². The van der Waals surface area contributed by atoms with E-state index < -0.39 is 5.69 Å². The van der Waals surface area contributed by atoms with Crippen molar-refractivity contribution in [2.24, 2.45) is 4.99 Å². The molecule has 1 aliphatic rings. The Bertz CT molecular complexity index is 1390. The average molecular weight is 418 g/mol. The highest BCUT2D eigenvalue weighted by atomic mass is 16.3. The first kappa shape index (κ1) is 19.1. The van der Waals surface area contributed by atoms with Gasteiger partial charge in [0.2, 0.25) is 5.88 Å². The summed E-state index contributed by atoms with van der Waals surface area (Å²) in [5.41, 5.74) is 2.90. The van der Waals surface area contributed by atoms with Gasteiger partial charge >= 0.3 is 5.69 Å². The third kappa shape index (κ3) is 3.92. The van der Waals surface area contributed by atoms with E-state index in [0.717, 1.165) is 31.9 Å². The number of rotatable bonds is 3. The maximum Gasteiger partial charge on any atom is 0.326 e. The second kappa shape index (κ2) is 7.73. The number of nitrogens with zero attached hydrogens (tertiary/aromatic N) is 6. The first-order chi connectivity index (χ1) is 15.0. The standard InChI is InChI=1S/C21H22N8O2/c1-27-8-10-28(11-9-27)16-4-2-15(3-5-16)23-18-6-7-29-19(25-18)14(13-22-29)12-17-20(30)26-21(31)24-17/h2-7,12-13,30H,8-11H2,1H3,(H2,24,26,31). The van der Waals surface area contributed by atoms with Crippen LogP contribution in [0.4, 0.5) is 11.4 Å². The summed E-state index contributed by atoms with van der Waals surface area (Å²) in [7, 11) is 2.15. The number of aromatic hydroxyl groups is 1. The van der Waals surface area contributed by atoms with Gasteiger partial charge in [0, 0.05) is 49.3 Å². The number of aromatic nitrogens is 5. The van der Waals surface area contributed by atoms with Crippen LogP contribution in [0.5, 0.6) is 5.88 Å². The van der Waals surface area contributed by atoms with Gasteiger partial charge in [0.1, 0.15) is 5.69 Å². The predicted octanol–water partition coefficient (Wildman–Crippen LogP) is -0.0168. The first-order valence-electron chi connectivity index (χ1n) is 10.0. The van der Waals surface area contributed by atoms with Crippen molar-refractivity contribution in [2.75, 3.05) is 38.1 Å². The van der Waals surface area contributed by atoms with Crippen LogP contribution in [0.1, 0.15) is 5.69 Å². The molecule has 4 aromatic rings. The van der Waals surface area contributed by atoms with E-state index in [-0.39, 0.29) is 11.6 Å². The molecule has 1 aromatic carbocycles. The van der Waals surface area contributed by atoms with Crippen molar-refractivity contribution in [2.45, 2.75) is 0 Å². The summed E-state index contributed by atoms with van der Waals surface area (Å²) in [4.78, 5) is 30.1. The molecule has 3 aromatic heterocycles. The number of hydrogen-bond acceptors (Lipinski definition) is 7. The van der Waals surface area contributed by atoms with Crippen LogP contribution >= 0.6 is 0 Å². The Balaban J connectivity index is 1.46. The molecule has 4 heterocycles. The van der Waals surface area contributed by atoms with E-state index in [0.29, 0.717) is 16.4 Å². The van der Waals surface area contributed by atoms with Gasteiger partial charge in [-0.05, 0) is 37.4 Å². The average Bonchev–Trinajstić information content (AvgIpc) is 3.31. The molecular weight excluding hydrogens is 396 g/mol. The number of H-pyrrole nitrogens is 2. The Labute approximate surface area is 176 Å². The fourth-order valence-electron chi connectivity index (χ4n) is 3.62. The van der Waals surface area contributed by atoms with E-state index in [2.05, 4.69) is 54.0 Å². The molecule has 5 rings (SSSR count). The number of likely N-dealkylation sites (N-methyl/N-ethyl adjacent to an activating group) is 1. The van der Waals surface area contributed by atoms with Gasteiger partial charge < -0.3 is 19.9 Å². The molecule has 0 atom stereocenters. The van der Waals surface area contributed by atoms with E-state index >= 15 is 0 Å². The maximum absolute atomic E-state index is 11.4. The van der Waals surface area contributed by atoms with Crippen molar-refractivity contribution in [3.05, 3.63) is 69.6 Å². The lowest BCUT2D eigenvalue weighted by molar-refractivity contribution is 0.313. The summed E-state index contributed by atoms with van der Waals surface area (Å²) in [5, 5.41) is 14.7. The highest BCUT2D eigenvalue weighted by Gasteiger charge is 2.13. The number of benzene rings is 1. The van der Waals surface area contributed by atoms with Crippen molar-refractivity contribution >= 4 is 23.1 Å². The van der Waals surface area contributed by atoms with Gasteiger partial charge in [-0.25, -0.2) is 19.3 Å². The minimum Gasteiger partial charge on any atom is -0.493 e. The molecule has 0 radical (unpaired) electrons. The summed E-state index contributed by atoms with van der Waals surface area (Å²) < 4.78 is 1.61. The van der Waals surface area contributed by atoms with E-state index in [1.807, 2.05) is 12.1 Å².